The molecule has 7 N–H and O–H groups in total. The minimum absolute atomic E-state index is 0.114. The molecule has 2 rings (SSSR count). The number of nitrogens with zero attached hydrogens (tertiary/aromatic N) is 1. The Morgan fingerprint density at radius 1 is 1.37 bits per heavy atom. The number of nitrogens with two attached hydrogens (primary N) is 2. The molecule has 0 saturated carbocycles. The lowest BCUT2D eigenvalue weighted by molar-refractivity contribution is -0.121. The van der Waals surface area contributed by atoms with E-state index in [2.05, 4.69) is 24.4 Å². The number of hydrogen-bond donors (Lipinski definition) is 5. The number of benzene rings is 1. The number of anilines is 2. The van der Waals surface area contributed by atoms with Gasteiger partial charge < -0.3 is 26.1 Å². The normalized spacial score (nSPS) is 14.8. The standard InChI is InChI=1S/C19H29BN4O3/c1-2-14-6-5-7-15(12-14)13-18(20(26)27)23-19(25)10-11-24(22)17-9-4-3-8-16(17)21/h3-4,7-9,12,18,26-27H,2,5-6,10-11,13,21-22H2,1H3,(H,23,25)/t18-/m0/s1. The van der Waals surface area contributed by atoms with E-state index in [4.69, 9.17) is 11.6 Å². The van der Waals surface area contributed by atoms with E-state index >= 15 is 0 Å². The first-order valence-electron chi connectivity index (χ1n) is 9.31. The molecule has 0 aromatic heterocycles. The molecule has 1 aliphatic carbocycles. The summed E-state index contributed by atoms with van der Waals surface area (Å²) in [4.78, 5) is 12.3. The molecule has 7 nitrogen and oxygen atoms in total. The van der Waals surface area contributed by atoms with Gasteiger partial charge in [0.1, 0.15) is 0 Å². The van der Waals surface area contributed by atoms with Gasteiger partial charge in [0.2, 0.25) is 5.91 Å². The van der Waals surface area contributed by atoms with E-state index in [1.165, 1.54) is 10.6 Å². The van der Waals surface area contributed by atoms with Gasteiger partial charge in [-0.2, -0.15) is 0 Å². The van der Waals surface area contributed by atoms with Crippen LogP contribution in [0.3, 0.4) is 0 Å². The van der Waals surface area contributed by atoms with Crippen LogP contribution < -0.4 is 21.9 Å². The number of hydrogen-bond acceptors (Lipinski definition) is 6. The highest BCUT2D eigenvalue weighted by Gasteiger charge is 2.26. The van der Waals surface area contributed by atoms with E-state index < -0.39 is 13.1 Å². The fourth-order valence-corrected chi connectivity index (χ4v) is 3.11. The maximum absolute atomic E-state index is 12.3. The van der Waals surface area contributed by atoms with Gasteiger partial charge in [-0.25, -0.2) is 5.84 Å². The number of allylic oxidation sites excluding steroid dienone is 3. The van der Waals surface area contributed by atoms with Gasteiger partial charge in [-0.1, -0.05) is 42.4 Å². The number of nitrogens with one attached hydrogen (secondary N) is 1. The summed E-state index contributed by atoms with van der Waals surface area (Å²) in [5.41, 5.74) is 9.42. The maximum atomic E-state index is 12.3. The summed E-state index contributed by atoms with van der Waals surface area (Å²) >= 11 is 0. The van der Waals surface area contributed by atoms with E-state index in [0.29, 0.717) is 17.8 Å². The average Bonchev–Trinajstić information content (AvgIpc) is 2.66. The molecule has 8 heteroatoms. The molecule has 0 radical (unpaired) electrons. The third kappa shape index (κ3) is 6.43. The summed E-state index contributed by atoms with van der Waals surface area (Å²) in [7, 11) is -1.63. The molecule has 27 heavy (non-hydrogen) atoms. The molecule has 1 amide bonds. The molecule has 0 spiro atoms. The van der Waals surface area contributed by atoms with E-state index in [-0.39, 0.29) is 18.9 Å². The quantitative estimate of drug-likeness (QED) is 0.193. The Kier molecular flexibility index (Phi) is 7.90. The van der Waals surface area contributed by atoms with Crippen molar-refractivity contribution in [1.82, 2.24) is 5.32 Å². The van der Waals surface area contributed by atoms with Crippen LogP contribution in [0.15, 0.2) is 47.6 Å². The van der Waals surface area contributed by atoms with Crippen LogP contribution in [0.1, 0.15) is 39.0 Å². The maximum Gasteiger partial charge on any atom is 0.475 e. The average molecular weight is 372 g/mol. The highest BCUT2D eigenvalue weighted by Crippen LogP contribution is 2.23. The van der Waals surface area contributed by atoms with Crippen molar-refractivity contribution in [2.45, 2.75) is 45.0 Å². The molecule has 146 valence electrons. The summed E-state index contributed by atoms with van der Waals surface area (Å²) in [6.45, 7) is 2.36. The number of para-hydroxylation sites is 2. The van der Waals surface area contributed by atoms with Crippen molar-refractivity contribution in [1.29, 1.82) is 0 Å². The summed E-state index contributed by atoms with van der Waals surface area (Å²) in [5.74, 6) is 4.92. The lowest BCUT2D eigenvalue weighted by Gasteiger charge is -2.23. The first kappa shape index (κ1) is 21.0. The van der Waals surface area contributed by atoms with Crippen molar-refractivity contribution >= 4 is 24.4 Å². The van der Waals surface area contributed by atoms with Crippen molar-refractivity contribution < 1.29 is 14.8 Å². The Morgan fingerprint density at radius 3 is 2.78 bits per heavy atom. The minimum atomic E-state index is -1.63. The number of carbonyl (C=O) groups excluding carboxylic acids is 1. The second kappa shape index (κ2) is 10.2. The second-order valence-corrected chi connectivity index (χ2v) is 6.77. The van der Waals surface area contributed by atoms with E-state index in [1.54, 1.807) is 12.1 Å². The third-order valence-electron chi connectivity index (χ3n) is 4.70. The van der Waals surface area contributed by atoms with Crippen molar-refractivity contribution in [2.75, 3.05) is 17.3 Å². The summed E-state index contributed by atoms with van der Waals surface area (Å²) in [6.07, 6.45) is 7.62. The lowest BCUT2D eigenvalue weighted by Crippen LogP contribution is -2.47. The first-order chi connectivity index (χ1) is 12.9. The predicted octanol–water partition coefficient (Wildman–Crippen LogP) is 1.28. The Hall–Kier alpha value is -2.29. The van der Waals surface area contributed by atoms with Gasteiger partial charge >= 0.3 is 7.12 Å². The van der Waals surface area contributed by atoms with Gasteiger partial charge in [-0.05, 0) is 37.8 Å². The molecular formula is C19H29BN4O3. The molecule has 1 aliphatic rings. The smallest absolute Gasteiger partial charge is 0.426 e. The highest BCUT2D eigenvalue weighted by atomic mass is 16.4. The van der Waals surface area contributed by atoms with Gasteiger partial charge in [0, 0.05) is 13.0 Å². The Morgan fingerprint density at radius 2 is 2.11 bits per heavy atom. The molecule has 0 heterocycles. The zero-order valence-electron chi connectivity index (χ0n) is 15.8. The molecule has 0 saturated heterocycles. The third-order valence-corrected chi connectivity index (χ3v) is 4.70. The van der Waals surface area contributed by atoms with Crippen LogP contribution >= 0.6 is 0 Å². The summed E-state index contributed by atoms with van der Waals surface area (Å²) in [6, 6.07) is 7.15. The molecule has 0 bridgehead atoms. The minimum Gasteiger partial charge on any atom is -0.426 e. The molecule has 0 aliphatic heterocycles. The van der Waals surface area contributed by atoms with Crippen LogP contribution in [0.5, 0.6) is 0 Å². The number of hydrazine groups is 1. The molecular weight excluding hydrogens is 343 g/mol. The highest BCUT2D eigenvalue weighted by molar-refractivity contribution is 6.43. The van der Waals surface area contributed by atoms with Crippen LogP contribution in [-0.2, 0) is 4.79 Å². The van der Waals surface area contributed by atoms with Crippen molar-refractivity contribution in [3.05, 3.63) is 47.6 Å². The molecule has 1 aromatic rings. The Labute approximate surface area is 160 Å². The fraction of sp³-hybridized carbons (Fsp3) is 0.421. The molecule has 1 aromatic carbocycles. The van der Waals surface area contributed by atoms with Gasteiger partial charge in [-0.3, -0.25) is 4.79 Å². The van der Waals surface area contributed by atoms with Gasteiger partial charge in [0.05, 0.1) is 17.3 Å². The predicted molar refractivity (Wildman–Crippen MR) is 109 cm³/mol. The van der Waals surface area contributed by atoms with Gasteiger partial charge in [-0.15, -0.1) is 0 Å². The van der Waals surface area contributed by atoms with Gasteiger partial charge in [0.15, 0.2) is 0 Å². The SMILES string of the molecule is CCC1=CC(C[C@H](NC(=O)CCN(N)c2ccccc2N)B(O)O)=CCC1. The lowest BCUT2D eigenvalue weighted by atomic mass is 9.75. The molecule has 1 atom stereocenters. The van der Waals surface area contributed by atoms with E-state index in [9.17, 15) is 14.8 Å². The van der Waals surface area contributed by atoms with Crippen LogP contribution in [0.25, 0.3) is 0 Å². The van der Waals surface area contributed by atoms with Gasteiger partial charge in [0.25, 0.3) is 0 Å². The number of nitrogen functional groups attached to an aromatic ring is 1. The zero-order chi connectivity index (χ0) is 19.8. The number of rotatable bonds is 9. The summed E-state index contributed by atoms with van der Waals surface area (Å²) < 4.78 is 0. The monoisotopic (exact) mass is 372 g/mol. The van der Waals surface area contributed by atoms with Crippen molar-refractivity contribution in [2.24, 2.45) is 5.84 Å². The van der Waals surface area contributed by atoms with E-state index in [0.717, 1.165) is 24.8 Å². The Balaban J connectivity index is 1.88. The Bertz CT molecular complexity index is 706. The molecule has 0 fully saturated rings. The van der Waals surface area contributed by atoms with E-state index in [1.807, 2.05) is 12.1 Å². The largest absolute Gasteiger partial charge is 0.475 e. The zero-order valence-corrected chi connectivity index (χ0v) is 15.8. The molecule has 0 unspecified atom stereocenters. The van der Waals surface area contributed by atoms with Crippen LogP contribution in [-0.4, -0.2) is 35.6 Å². The van der Waals surface area contributed by atoms with Crippen LogP contribution in [0.4, 0.5) is 11.4 Å². The number of amides is 1. The number of carbonyl (C=O) groups is 1. The summed E-state index contributed by atoms with van der Waals surface area (Å²) in [5, 5.41) is 23.4. The van der Waals surface area contributed by atoms with Crippen LogP contribution in [0.2, 0.25) is 0 Å². The topological polar surface area (TPSA) is 125 Å². The van der Waals surface area contributed by atoms with Crippen molar-refractivity contribution in [3.63, 3.8) is 0 Å². The fourth-order valence-electron chi connectivity index (χ4n) is 3.11. The van der Waals surface area contributed by atoms with Crippen molar-refractivity contribution in [3.8, 4) is 0 Å². The van der Waals surface area contributed by atoms with Crippen LogP contribution in [0, 0.1) is 0 Å². The second-order valence-electron chi connectivity index (χ2n) is 6.77. The first-order valence-corrected chi connectivity index (χ1v) is 9.31.